The fraction of sp³-hybridized carbons (Fsp3) is 0.0800. The molecule has 0 saturated heterocycles. The highest BCUT2D eigenvalue weighted by atomic mass is 16.1. The van der Waals surface area contributed by atoms with Crippen molar-refractivity contribution < 1.29 is 4.79 Å². The second-order valence-corrected chi connectivity index (χ2v) is 6.89. The van der Waals surface area contributed by atoms with Gasteiger partial charge in [-0.15, -0.1) is 0 Å². The minimum Gasteiger partial charge on any atom is -0.293 e. The van der Waals surface area contributed by atoms with Crippen LogP contribution >= 0.6 is 0 Å². The molecule has 2 atom stereocenters. The third-order valence-corrected chi connectivity index (χ3v) is 5.48. The van der Waals surface area contributed by atoms with Gasteiger partial charge in [-0.05, 0) is 27.5 Å². The van der Waals surface area contributed by atoms with E-state index in [9.17, 15) is 4.79 Å². The van der Waals surface area contributed by atoms with Gasteiger partial charge in [0.05, 0.1) is 5.92 Å². The molecule has 0 aromatic heterocycles. The Labute approximate surface area is 152 Å². The number of ketones is 1. The predicted molar refractivity (Wildman–Crippen MR) is 106 cm³/mol. The molecule has 0 fully saturated rings. The predicted octanol–water partition coefficient (Wildman–Crippen LogP) is 5.95. The zero-order valence-electron chi connectivity index (χ0n) is 14.3. The SMILES string of the molecule is O=C1c2c(ccc3ccccc23)[C@@H](c2ccccc2)[C@@H]1c1ccccc1. The zero-order chi connectivity index (χ0) is 17.5. The molecule has 0 bridgehead atoms. The average molecular weight is 334 g/mol. The molecule has 26 heavy (non-hydrogen) atoms. The van der Waals surface area contributed by atoms with Crippen LogP contribution in [0.15, 0.2) is 97.1 Å². The quantitative estimate of drug-likeness (QED) is 0.442. The van der Waals surface area contributed by atoms with Crippen molar-refractivity contribution in [1.82, 2.24) is 0 Å². The Kier molecular flexibility index (Phi) is 3.46. The van der Waals surface area contributed by atoms with E-state index in [2.05, 4.69) is 60.7 Å². The fourth-order valence-corrected chi connectivity index (χ4v) is 4.35. The molecule has 1 aliphatic carbocycles. The fourth-order valence-electron chi connectivity index (χ4n) is 4.35. The van der Waals surface area contributed by atoms with Crippen LogP contribution in [0.4, 0.5) is 0 Å². The van der Waals surface area contributed by atoms with Crippen molar-refractivity contribution in [2.24, 2.45) is 0 Å². The number of hydrogen-bond donors (Lipinski definition) is 0. The minimum atomic E-state index is -0.167. The van der Waals surface area contributed by atoms with Gasteiger partial charge < -0.3 is 0 Å². The van der Waals surface area contributed by atoms with E-state index in [-0.39, 0.29) is 17.6 Å². The Morgan fingerprint density at radius 2 is 1.12 bits per heavy atom. The number of benzene rings is 4. The van der Waals surface area contributed by atoms with Crippen LogP contribution in [0.5, 0.6) is 0 Å². The summed E-state index contributed by atoms with van der Waals surface area (Å²) in [5.74, 6) is 0.127. The van der Waals surface area contributed by atoms with E-state index in [1.54, 1.807) is 0 Å². The lowest BCUT2D eigenvalue weighted by Gasteiger charge is -2.20. The zero-order valence-corrected chi connectivity index (χ0v) is 14.3. The first-order valence-corrected chi connectivity index (χ1v) is 9.00. The first kappa shape index (κ1) is 15.1. The molecule has 0 N–H and O–H groups in total. The highest BCUT2D eigenvalue weighted by Crippen LogP contribution is 2.49. The minimum absolute atomic E-state index is 0.0608. The van der Waals surface area contributed by atoms with Gasteiger partial charge in [-0.1, -0.05) is 97.1 Å². The van der Waals surface area contributed by atoms with E-state index in [1.807, 2.05) is 36.4 Å². The largest absolute Gasteiger partial charge is 0.293 e. The monoisotopic (exact) mass is 334 g/mol. The Balaban J connectivity index is 1.80. The third-order valence-electron chi connectivity index (χ3n) is 5.48. The van der Waals surface area contributed by atoms with Gasteiger partial charge in [-0.25, -0.2) is 0 Å². The summed E-state index contributed by atoms with van der Waals surface area (Å²) < 4.78 is 0. The molecule has 4 aromatic rings. The molecule has 0 heterocycles. The van der Waals surface area contributed by atoms with Gasteiger partial charge in [0.1, 0.15) is 0 Å². The van der Waals surface area contributed by atoms with E-state index >= 15 is 0 Å². The summed E-state index contributed by atoms with van der Waals surface area (Å²) >= 11 is 0. The number of rotatable bonds is 2. The second kappa shape index (κ2) is 5.96. The van der Waals surface area contributed by atoms with Crippen LogP contribution in [-0.2, 0) is 0 Å². The van der Waals surface area contributed by atoms with Crippen molar-refractivity contribution in [2.45, 2.75) is 11.8 Å². The molecule has 4 aromatic carbocycles. The second-order valence-electron chi connectivity index (χ2n) is 6.89. The van der Waals surface area contributed by atoms with E-state index < -0.39 is 0 Å². The summed E-state index contributed by atoms with van der Waals surface area (Å²) in [7, 11) is 0. The van der Waals surface area contributed by atoms with Crippen LogP contribution in [0.25, 0.3) is 10.8 Å². The smallest absolute Gasteiger partial charge is 0.172 e. The lowest BCUT2D eigenvalue weighted by molar-refractivity contribution is 0.0969. The molecule has 0 amide bonds. The highest BCUT2D eigenvalue weighted by Gasteiger charge is 2.42. The lowest BCUT2D eigenvalue weighted by Crippen LogP contribution is -2.12. The van der Waals surface area contributed by atoms with Gasteiger partial charge >= 0.3 is 0 Å². The highest BCUT2D eigenvalue weighted by molar-refractivity contribution is 6.15. The number of hydrogen-bond acceptors (Lipinski definition) is 1. The Bertz CT molecular complexity index is 1100. The summed E-state index contributed by atoms with van der Waals surface area (Å²) in [5, 5.41) is 2.19. The number of carbonyl (C=O) groups is 1. The maximum Gasteiger partial charge on any atom is 0.172 e. The molecule has 0 unspecified atom stereocenters. The van der Waals surface area contributed by atoms with Crippen molar-refractivity contribution >= 4 is 16.6 Å². The van der Waals surface area contributed by atoms with Crippen LogP contribution in [0.1, 0.15) is 38.9 Å². The number of Topliss-reactive ketones (excluding diaryl/α,β-unsaturated/α-hetero) is 1. The molecular formula is C25H18O. The molecule has 1 aliphatic rings. The number of carbonyl (C=O) groups excluding carboxylic acids is 1. The van der Waals surface area contributed by atoms with Crippen molar-refractivity contribution in [3.8, 4) is 0 Å². The van der Waals surface area contributed by atoms with E-state index in [0.717, 1.165) is 27.5 Å². The third kappa shape index (κ3) is 2.21. The van der Waals surface area contributed by atoms with Gasteiger partial charge in [-0.2, -0.15) is 0 Å². The van der Waals surface area contributed by atoms with Crippen LogP contribution in [0, 0.1) is 0 Å². The summed E-state index contributed by atoms with van der Waals surface area (Å²) in [6.45, 7) is 0. The first-order chi connectivity index (χ1) is 12.8. The van der Waals surface area contributed by atoms with Gasteiger partial charge in [0, 0.05) is 11.5 Å². The molecule has 1 nitrogen and oxygen atoms in total. The summed E-state index contributed by atoms with van der Waals surface area (Å²) in [6.07, 6.45) is 0. The van der Waals surface area contributed by atoms with Gasteiger partial charge in [0.25, 0.3) is 0 Å². The van der Waals surface area contributed by atoms with Crippen LogP contribution < -0.4 is 0 Å². The maximum atomic E-state index is 13.6. The van der Waals surface area contributed by atoms with Crippen molar-refractivity contribution in [2.75, 3.05) is 0 Å². The molecule has 1 heteroatoms. The van der Waals surface area contributed by atoms with Gasteiger partial charge in [0.15, 0.2) is 5.78 Å². The molecule has 0 radical (unpaired) electrons. The summed E-state index contributed by atoms with van der Waals surface area (Å²) in [6, 6.07) is 33.1. The Morgan fingerprint density at radius 1 is 0.538 bits per heavy atom. The number of fused-ring (bicyclic) bond motifs is 3. The topological polar surface area (TPSA) is 17.1 Å². The van der Waals surface area contributed by atoms with Gasteiger partial charge in [0.2, 0.25) is 0 Å². The molecule has 5 rings (SSSR count). The van der Waals surface area contributed by atoms with Crippen LogP contribution in [0.3, 0.4) is 0 Å². The van der Waals surface area contributed by atoms with Crippen LogP contribution in [-0.4, -0.2) is 5.78 Å². The summed E-state index contributed by atoms with van der Waals surface area (Å²) in [4.78, 5) is 13.6. The van der Waals surface area contributed by atoms with E-state index in [1.165, 1.54) is 5.56 Å². The maximum absolute atomic E-state index is 13.6. The lowest BCUT2D eigenvalue weighted by atomic mass is 9.81. The Hall–Kier alpha value is -3.19. The van der Waals surface area contributed by atoms with Crippen molar-refractivity contribution in [3.05, 3.63) is 119 Å². The average Bonchev–Trinajstić information content (AvgIpc) is 3.02. The Morgan fingerprint density at radius 3 is 1.81 bits per heavy atom. The van der Waals surface area contributed by atoms with E-state index in [4.69, 9.17) is 0 Å². The normalized spacial score (nSPS) is 18.8. The van der Waals surface area contributed by atoms with Crippen molar-refractivity contribution in [3.63, 3.8) is 0 Å². The standard InChI is InChI=1S/C25H18O/c26-25-23(19-12-5-2-6-13-19)22(18-10-3-1-4-11-18)21-16-15-17-9-7-8-14-20(17)24(21)25/h1-16,22-23H/t22-,23+/m1/s1. The summed E-state index contributed by atoms with van der Waals surface area (Å²) in [5.41, 5.74) is 4.33. The first-order valence-electron chi connectivity index (χ1n) is 9.00. The van der Waals surface area contributed by atoms with Gasteiger partial charge in [-0.3, -0.25) is 4.79 Å². The molecule has 0 saturated carbocycles. The molecule has 0 aliphatic heterocycles. The molecule has 124 valence electrons. The van der Waals surface area contributed by atoms with Crippen molar-refractivity contribution in [1.29, 1.82) is 0 Å². The molecular weight excluding hydrogens is 316 g/mol. The van der Waals surface area contributed by atoms with E-state index in [0.29, 0.717) is 0 Å². The van der Waals surface area contributed by atoms with Crippen LogP contribution in [0.2, 0.25) is 0 Å². The molecule has 0 spiro atoms.